The quantitative estimate of drug-likeness (QED) is 0.390. The number of amides is 1. The van der Waals surface area contributed by atoms with Gasteiger partial charge in [-0.3, -0.25) is 4.79 Å². The van der Waals surface area contributed by atoms with Gasteiger partial charge in [0.1, 0.15) is 22.5 Å². The maximum Gasteiger partial charge on any atom is 0.226 e. The molecule has 3 N–H and O–H groups in total. The van der Waals surface area contributed by atoms with Gasteiger partial charge < -0.3 is 20.4 Å². The number of aliphatic hydroxyl groups is 2. The van der Waals surface area contributed by atoms with E-state index < -0.39 is 12.2 Å². The number of nitrogens with zero attached hydrogens (tertiary/aromatic N) is 5. The van der Waals surface area contributed by atoms with Crippen LogP contribution in [0.25, 0.3) is 20.4 Å². The lowest BCUT2D eigenvalue weighted by Crippen LogP contribution is -2.37. The number of aromatic nitrogens is 4. The van der Waals surface area contributed by atoms with Crippen molar-refractivity contribution in [2.24, 2.45) is 5.92 Å². The summed E-state index contributed by atoms with van der Waals surface area (Å²) < 4.78 is 4.90. The molecule has 1 fully saturated rings. The summed E-state index contributed by atoms with van der Waals surface area (Å²) in [6, 6.07) is 3.70. The Morgan fingerprint density at radius 3 is 2.85 bits per heavy atom. The number of carbonyl (C=O) groups excluding carboxylic acids is 1. The molecule has 0 saturated carbocycles. The summed E-state index contributed by atoms with van der Waals surface area (Å²) in [6.45, 7) is 0.380. The first kappa shape index (κ1) is 21.1. The zero-order chi connectivity index (χ0) is 22.7. The molecule has 0 bridgehead atoms. The molecule has 1 saturated heterocycles. The molecule has 2 aliphatic rings. The normalized spacial score (nSPS) is 22.8. The van der Waals surface area contributed by atoms with Crippen molar-refractivity contribution in [1.82, 2.24) is 24.5 Å². The van der Waals surface area contributed by atoms with Gasteiger partial charge in [-0.1, -0.05) is 16.1 Å². The second-order valence-electron chi connectivity index (χ2n) is 8.42. The molecule has 9 nitrogen and oxygen atoms in total. The lowest BCUT2D eigenvalue weighted by Gasteiger charge is -2.26. The van der Waals surface area contributed by atoms with E-state index in [1.165, 1.54) is 23.4 Å². The Kier molecular flexibility index (Phi) is 5.18. The number of aryl methyl sites for hydroxylation is 1. The van der Waals surface area contributed by atoms with Gasteiger partial charge in [-0.15, -0.1) is 16.4 Å². The molecule has 3 aromatic heterocycles. The number of carbonyl (C=O) groups is 1. The van der Waals surface area contributed by atoms with E-state index in [4.69, 9.17) is 11.6 Å². The number of aliphatic hydroxyl groups excluding tert-OH is 2. The number of hydrogen-bond donors (Lipinski definition) is 3. The SMILES string of the molecule is O=C([C@H]1CCc2c(sc3ncnc(Nc4cc5snnc5cc4Cl)c23)C1)N1C[C@@H](O)[C@H](O)C1. The van der Waals surface area contributed by atoms with Gasteiger partial charge in [-0.2, -0.15) is 0 Å². The van der Waals surface area contributed by atoms with Crippen molar-refractivity contribution in [2.75, 3.05) is 18.4 Å². The van der Waals surface area contributed by atoms with Crippen LogP contribution in [-0.2, 0) is 17.6 Å². The fraction of sp³-hybridized carbons (Fsp3) is 0.381. The number of rotatable bonds is 3. The molecule has 0 unspecified atom stereocenters. The molecule has 4 heterocycles. The number of likely N-dealkylation sites (tertiary alicyclic amines) is 1. The molecular weight excluding hydrogens is 484 g/mol. The molecule has 0 radical (unpaired) electrons. The Labute approximate surface area is 201 Å². The first-order chi connectivity index (χ1) is 16.0. The van der Waals surface area contributed by atoms with E-state index in [-0.39, 0.29) is 24.9 Å². The second-order valence-corrected chi connectivity index (χ2v) is 10.7. The number of halogens is 1. The maximum absolute atomic E-state index is 13.0. The molecule has 3 atom stereocenters. The molecule has 4 aromatic rings. The number of β-amino-alcohol motifs (C(OH)–C–C–N with tert-alkyl or cyclic N) is 2. The minimum atomic E-state index is -0.867. The van der Waals surface area contributed by atoms with E-state index in [1.54, 1.807) is 22.3 Å². The summed E-state index contributed by atoms with van der Waals surface area (Å²) in [6.07, 6.45) is 1.85. The van der Waals surface area contributed by atoms with Crippen molar-refractivity contribution in [3.8, 4) is 0 Å². The molecule has 6 rings (SSSR count). The highest BCUT2D eigenvalue weighted by molar-refractivity contribution is 7.19. The second kappa shape index (κ2) is 8.10. The Morgan fingerprint density at radius 2 is 2.03 bits per heavy atom. The highest BCUT2D eigenvalue weighted by atomic mass is 35.5. The highest BCUT2D eigenvalue weighted by Crippen LogP contribution is 2.41. The minimum Gasteiger partial charge on any atom is -0.388 e. The number of anilines is 2. The van der Waals surface area contributed by atoms with Gasteiger partial charge in [0.2, 0.25) is 5.91 Å². The predicted molar refractivity (Wildman–Crippen MR) is 127 cm³/mol. The summed E-state index contributed by atoms with van der Waals surface area (Å²) in [5.41, 5.74) is 2.65. The van der Waals surface area contributed by atoms with Crippen molar-refractivity contribution in [3.05, 3.63) is 33.9 Å². The zero-order valence-corrected chi connectivity index (χ0v) is 19.6. The maximum atomic E-state index is 13.0. The third kappa shape index (κ3) is 3.64. The van der Waals surface area contributed by atoms with Crippen LogP contribution in [0.2, 0.25) is 5.02 Å². The van der Waals surface area contributed by atoms with Crippen molar-refractivity contribution >= 4 is 72.3 Å². The number of benzene rings is 1. The van der Waals surface area contributed by atoms with Crippen molar-refractivity contribution in [2.45, 2.75) is 31.5 Å². The topological polar surface area (TPSA) is 124 Å². The average Bonchev–Trinajstić information content (AvgIpc) is 3.50. The summed E-state index contributed by atoms with van der Waals surface area (Å²) in [7, 11) is 0. The number of fused-ring (bicyclic) bond motifs is 4. The number of thiophene rings is 1. The number of hydrogen-bond acceptors (Lipinski definition) is 10. The van der Waals surface area contributed by atoms with E-state index in [9.17, 15) is 15.0 Å². The number of nitrogens with one attached hydrogen (secondary N) is 1. The zero-order valence-electron chi connectivity index (χ0n) is 17.2. The molecule has 1 aromatic carbocycles. The first-order valence-corrected chi connectivity index (χ1v) is 12.5. The average molecular weight is 503 g/mol. The van der Waals surface area contributed by atoms with Gasteiger partial charge in [-0.25, -0.2) is 9.97 Å². The van der Waals surface area contributed by atoms with E-state index >= 15 is 0 Å². The fourth-order valence-electron chi connectivity index (χ4n) is 4.65. The van der Waals surface area contributed by atoms with E-state index in [0.29, 0.717) is 23.7 Å². The molecule has 0 spiro atoms. The Hall–Kier alpha value is -2.44. The summed E-state index contributed by atoms with van der Waals surface area (Å²) in [5.74, 6) is 0.520. The Bertz CT molecular complexity index is 1380. The lowest BCUT2D eigenvalue weighted by atomic mass is 9.87. The highest BCUT2D eigenvalue weighted by Gasteiger charge is 2.37. The van der Waals surface area contributed by atoms with Gasteiger partial charge in [0.15, 0.2) is 0 Å². The van der Waals surface area contributed by atoms with Gasteiger partial charge in [0.25, 0.3) is 0 Å². The monoisotopic (exact) mass is 502 g/mol. The van der Waals surface area contributed by atoms with E-state index in [0.717, 1.165) is 37.4 Å². The van der Waals surface area contributed by atoms with E-state index in [2.05, 4.69) is 24.9 Å². The predicted octanol–water partition coefficient (Wildman–Crippen LogP) is 2.76. The van der Waals surface area contributed by atoms with Crippen LogP contribution in [0.1, 0.15) is 16.9 Å². The summed E-state index contributed by atoms with van der Waals surface area (Å²) >= 11 is 9.36. The van der Waals surface area contributed by atoms with E-state index in [1.807, 2.05) is 6.07 Å². The van der Waals surface area contributed by atoms with Crippen LogP contribution < -0.4 is 5.32 Å². The molecule has 1 amide bonds. The Morgan fingerprint density at radius 1 is 1.21 bits per heavy atom. The first-order valence-electron chi connectivity index (χ1n) is 10.6. The fourth-order valence-corrected chi connectivity index (χ4v) is 6.70. The Balaban J connectivity index is 1.30. The van der Waals surface area contributed by atoms with Gasteiger partial charge >= 0.3 is 0 Å². The summed E-state index contributed by atoms with van der Waals surface area (Å²) in [5, 5.41) is 28.5. The molecule has 12 heteroatoms. The largest absolute Gasteiger partial charge is 0.388 e. The van der Waals surface area contributed by atoms with Crippen molar-refractivity contribution in [3.63, 3.8) is 0 Å². The van der Waals surface area contributed by atoms with Crippen LogP contribution in [0.3, 0.4) is 0 Å². The van der Waals surface area contributed by atoms with Gasteiger partial charge in [-0.05, 0) is 48.5 Å². The van der Waals surface area contributed by atoms with Crippen LogP contribution in [0.5, 0.6) is 0 Å². The standard InChI is InChI=1S/C21H19ClN6O3S2/c22-11-4-13-17(33-27-26-13)5-12(11)25-19-18-10-2-1-9(3-16(10)32-20(18)24-8-23-19)21(31)28-6-14(29)15(30)7-28/h4-5,8-9,14-15,29-30H,1-3,6-7H2,(H,23,24,25)/t9-,14+,15+/m0/s1. The van der Waals surface area contributed by atoms with Crippen LogP contribution in [-0.4, -0.2) is 65.9 Å². The molecule has 1 aliphatic carbocycles. The minimum absolute atomic E-state index is 0.00334. The van der Waals surface area contributed by atoms with Crippen LogP contribution in [0.15, 0.2) is 18.5 Å². The van der Waals surface area contributed by atoms with Crippen LogP contribution in [0.4, 0.5) is 11.5 Å². The molecule has 170 valence electrons. The van der Waals surface area contributed by atoms with Crippen molar-refractivity contribution in [1.29, 1.82) is 0 Å². The van der Waals surface area contributed by atoms with Crippen LogP contribution in [0, 0.1) is 5.92 Å². The van der Waals surface area contributed by atoms with Gasteiger partial charge in [0, 0.05) is 23.9 Å². The smallest absolute Gasteiger partial charge is 0.226 e. The van der Waals surface area contributed by atoms with Crippen molar-refractivity contribution < 1.29 is 15.0 Å². The molecular formula is C21H19ClN6O3S2. The third-order valence-corrected chi connectivity index (χ3v) is 8.52. The molecule has 1 aliphatic heterocycles. The molecule has 33 heavy (non-hydrogen) atoms. The summed E-state index contributed by atoms with van der Waals surface area (Å²) in [4.78, 5) is 25.5. The third-order valence-electron chi connectivity index (χ3n) is 6.35. The van der Waals surface area contributed by atoms with Crippen LogP contribution >= 0.6 is 34.5 Å². The lowest BCUT2D eigenvalue weighted by molar-refractivity contribution is -0.135. The van der Waals surface area contributed by atoms with Gasteiger partial charge in [0.05, 0.1) is 33.0 Å².